The average molecular weight is 495 g/mol. The quantitative estimate of drug-likeness (QED) is 0.425. The van der Waals surface area contributed by atoms with Crippen molar-refractivity contribution in [2.24, 2.45) is 0 Å². The molecule has 0 aliphatic rings. The molecule has 1 heterocycles. The molecule has 0 unspecified atom stereocenters. The minimum Gasteiger partial charge on any atom is -0.351 e. The lowest BCUT2D eigenvalue weighted by Gasteiger charge is -2.19. The molecule has 29 heavy (non-hydrogen) atoms. The number of carbonyl (C=O) groups is 1. The second-order valence-electron chi connectivity index (χ2n) is 6.72. The molecule has 154 valence electrons. The van der Waals surface area contributed by atoms with Crippen LogP contribution in [-0.2, 0) is 10.0 Å². The van der Waals surface area contributed by atoms with Crippen LogP contribution in [0.2, 0.25) is 0 Å². The van der Waals surface area contributed by atoms with E-state index in [1.54, 1.807) is 36.4 Å². The summed E-state index contributed by atoms with van der Waals surface area (Å²) in [5.74, 6) is -0.0836. The Morgan fingerprint density at radius 3 is 2.52 bits per heavy atom. The van der Waals surface area contributed by atoms with Gasteiger partial charge >= 0.3 is 0 Å². The third kappa shape index (κ3) is 4.99. The number of anilines is 1. The Morgan fingerprint density at radius 2 is 1.83 bits per heavy atom. The van der Waals surface area contributed by atoms with Crippen LogP contribution in [0.5, 0.6) is 0 Å². The monoisotopic (exact) mass is 494 g/mol. The minimum atomic E-state index is -3.67. The predicted octanol–water partition coefficient (Wildman–Crippen LogP) is 5.41. The van der Waals surface area contributed by atoms with E-state index >= 15 is 0 Å². The van der Waals surface area contributed by atoms with E-state index in [0.29, 0.717) is 17.1 Å². The van der Waals surface area contributed by atoms with Gasteiger partial charge in [-0.25, -0.2) is 8.42 Å². The number of hydrogen-bond acceptors (Lipinski definition) is 4. The Labute approximate surface area is 183 Å². The van der Waals surface area contributed by atoms with E-state index < -0.39 is 10.0 Å². The topological polar surface area (TPSA) is 66.5 Å². The van der Waals surface area contributed by atoms with Crippen LogP contribution < -0.4 is 9.62 Å². The fourth-order valence-corrected chi connectivity index (χ4v) is 5.32. The SMILES string of the molecule is CCCCCNC(=O)c1cc2cc(N(C)S(=O)(=O)c3ccc(Br)cc3)ccc2s1. The van der Waals surface area contributed by atoms with Crippen molar-refractivity contribution in [2.75, 3.05) is 17.9 Å². The molecule has 0 aliphatic heterocycles. The van der Waals surface area contributed by atoms with Crippen molar-refractivity contribution in [3.63, 3.8) is 0 Å². The molecule has 1 aromatic heterocycles. The van der Waals surface area contributed by atoms with Gasteiger partial charge in [0, 0.05) is 22.8 Å². The normalized spacial score (nSPS) is 11.6. The van der Waals surface area contributed by atoms with Gasteiger partial charge in [0.05, 0.1) is 15.5 Å². The molecule has 1 amide bonds. The summed E-state index contributed by atoms with van der Waals surface area (Å²) in [5, 5.41) is 3.79. The van der Waals surface area contributed by atoms with Crippen LogP contribution in [0.4, 0.5) is 5.69 Å². The van der Waals surface area contributed by atoms with Gasteiger partial charge in [-0.15, -0.1) is 11.3 Å². The molecule has 0 saturated heterocycles. The summed E-state index contributed by atoms with van der Waals surface area (Å²) < 4.78 is 28.9. The maximum absolute atomic E-state index is 12.9. The van der Waals surface area contributed by atoms with Crippen molar-refractivity contribution < 1.29 is 13.2 Å². The van der Waals surface area contributed by atoms with Crippen LogP contribution in [0, 0.1) is 0 Å². The molecule has 1 N–H and O–H groups in total. The minimum absolute atomic E-state index is 0.0836. The summed E-state index contributed by atoms with van der Waals surface area (Å²) >= 11 is 4.73. The zero-order valence-electron chi connectivity index (χ0n) is 16.3. The summed E-state index contributed by atoms with van der Waals surface area (Å²) in [5.41, 5.74) is 0.549. The van der Waals surface area contributed by atoms with E-state index in [9.17, 15) is 13.2 Å². The highest BCUT2D eigenvalue weighted by molar-refractivity contribution is 9.10. The number of hydrogen-bond donors (Lipinski definition) is 1. The number of nitrogens with one attached hydrogen (secondary N) is 1. The van der Waals surface area contributed by atoms with Crippen LogP contribution in [0.3, 0.4) is 0 Å². The molecule has 0 aliphatic carbocycles. The largest absolute Gasteiger partial charge is 0.351 e. The summed E-state index contributed by atoms with van der Waals surface area (Å²) in [6.07, 6.45) is 3.17. The van der Waals surface area contributed by atoms with E-state index in [0.717, 1.165) is 33.8 Å². The first-order chi connectivity index (χ1) is 13.8. The molecule has 0 bridgehead atoms. The molecule has 0 saturated carbocycles. The number of rotatable bonds is 8. The van der Waals surface area contributed by atoms with Gasteiger partial charge < -0.3 is 5.32 Å². The van der Waals surface area contributed by atoms with Gasteiger partial charge in [-0.3, -0.25) is 9.10 Å². The van der Waals surface area contributed by atoms with Crippen LogP contribution in [-0.4, -0.2) is 27.9 Å². The molecule has 0 fully saturated rings. The number of fused-ring (bicyclic) bond motifs is 1. The van der Waals surface area contributed by atoms with Crippen LogP contribution in [0.15, 0.2) is 57.9 Å². The standard InChI is InChI=1S/C21H23BrN2O3S2/c1-3-4-5-12-23-21(25)20-14-15-13-17(8-11-19(15)28-20)24(2)29(26,27)18-9-6-16(22)7-10-18/h6-11,13-14H,3-5,12H2,1-2H3,(H,23,25). The molecule has 0 radical (unpaired) electrons. The molecule has 0 atom stereocenters. The number of sulfonamides is 1. The van der Waals surface area contributed by atoms with Crippen molar-refractivity contribution in [3.05, 3.63) is 57.9 Å². The summed E-state index contributed by atoms with van der Waals surface area (Å²) in [7, 11) is -2.13. The van der Waals surface area contributed by atoms with E-state index in [-0.39, 0.29) is 10.8 Å². The first-order valence-electron chi connectivity index (χ1n) is 9.39. The summed E-state index contributed by atoms with van der Waals surface area (Å²) in [4.78, 5) is 13.2. The molecule has 0 spiro atoms. The van der Waals surface area contributed by atoms with E-state index in [1.165, 1.54) is 22.7 Å². The van der Waals surface area contributed by atoms with E-state index in [1.807, 2.05) is 12.1 Å². The lowest BCUT2D eigenvalue weighted by Crippen LogP contribution is -2.26. The first kappa shape index (κ1) is 21.8. The predicted molar refractivity (Wildman–Crippen MR) is 123 cm³/mol. The molecule has 8 heteroatoms. The van der Waals surface area contributed by atoms with Crippen molar-refractivity contribution in [1.29, 1.82) is 0 Å². The molecule has 3 rings (SSSR count). The Hall–Kier alpha value is -1.90. The van der Waals surface area contributed by atoms with E-state index in [2.05, 4.69) is 28.2 Å². The smallest absolute Gasteiger partial charge is 0.264 e. The zero-order valence-corrected chi connectivity index (χ0v) is 19.5. The second kappa shape index (κ2) is 9.28. The van der Waals surface area contributed by atoms with Gasteiger partial charge in [-0.2, -0.15) is 0 Å². The Morgan fingerprint density at radius 1 is 1.10 bits per heavy atom. The summed E-state index contributed by atoms with van der Waals surface area (Å²) in [6, 6.07) is 13.8. The fraction of sp³-hybridized carbons (Fsp3) is 0.286. The number of thiophene rings is 1. The van der Waals surface area contributed by atoms with E-state index in [4.69, 9.17) is 0 Å². The highest BCUT2D eigenvalue weighted by Crippen LogP contribution is 2.31. The lowest BCUT2D eigenvalue weighted by molar-refractivity contribution is 0.0957. The number of nitrogens with zero attached hydrogens (tertiary/aromatic N) is 1. The first-order valence-corrected chi connectivity index (χ1v) is 12.4. The fourth-order valence-electron chi connectivity index (χ4n) is 2.91. The maximum atomic E-state index is 12.9. The highest BCUT2D eigenvalue weighted by atomic mass is 79.9. The number of unbranched alkanes of at least 4 members (excludes halogenated alkanes) is 2. The van der Waals surface area contributed by atoms with Crippen molar-refractivity contribution in [1.82, 2.24) is 5.32 Å². The van der Waals surface area contributed by atoms with Crippen LogP contribution in [0.25, 0.3) is 10.1 Å². The second-order valence-corrected chi connectivity index (χ2v) is 10.7. The third-order valence-corrected chi connectivity index (χ3v) is 8.07. The molecular formula is C21H23BrN2O3S2. The van der Waals surface area contributed by atoms with Gasteiger partial charge in [0.1, 0.15) is 0 Å². The maximum Gasteiger partial charge on any atom is 0.264 e. The third-order valence-electron chi connectivity index (χ3n) is 4.63. The summed E-state index contributed by atoms with van der Waals surface area (Å²) in [6.45, 7) is 2.79. The molecule has 2 aromatic carbocycles. The Kier molecular flexibility index (Phi) is 6.97. The van der Waals surface area contributed by atoms with Gasteiger partial charge in [0.2, 0.25) is 0 Å². The highest BCUT2D eigenvalue weighted by Gasteiger charge is 2.22. The molecule has 3 aromatic rings. The number of halogens is 1. The van der Waals surface area contributed by atoms with Crippen molar-refractivity contribution in [3.8, 4) is 0 Å². The Bertz CT molecular complexity index is 1110. The van der Waals surface area contributed by atoms with Gasteiger partial charge in [-0.05, 0) is 60.3 Å². The van der Waals surface area contributed by atoms with Crippen LogP contribution in [0.1, 0.15) is 35.9 Å². The van der Waals surface area contributed by atoms with Crippen molar-refractivity contribution >= 4 is 59.0 Å². The van der Waals surface area contributed by atoms with Gasteiger partial charge in [0.15, 0.2) is 0 Å². The lowest BCUT2D eigenvalue weighted by atomic mass is 10.2. The van der Waals surface area contributed by atoms with Gasteiger partial charge in [0.25, 0.3) is 15.9 Å². The van der Waals surface area contributed by atoms with Crippen molar-refractivity contribution in [2.45, 2.75) is 31.1 Å². The Balaban J connectivity index is 1.82. The molecule has 5 nitrogen and oxygen atoms in total. The van der Waals surface area contributed by atoms with Gasteiger partial charge in [-0.1, -0.05) is 35.7 Å². The number of benzene rings is 2. The van der Waals surface area contributed by atoms with Crippen LogP contribution >= 0.6 is 27.3 Å². The number of amides is 1. The average Bonchev–Trinajstić information content (AvgIpc) is 3.14. The number of carbonyl (C=O) groups excluding carboxylic acids is 1. The zero-order chi connectivity index (χ0) is 21.0. The molecular weight excluding hydrogens is 472 g/mol.